The Morgan fingerprint density at radius 1 is 1.19 bits per heavy atom. The first-order valence-electron chi connectivity index (χ1n) is 6.87. The molecule has 4 amide bonds. The highest BCUT2D eigenvalue weighted by atomic mass is 16.2. The van der Waals surface area contributed by atoms with Crippen LogP contribution in [0.5, 0.6) is 0 Å². The van der Waals surface area contributed by atoms with E-state index in [1.54, 1.807) is 12.2 Å². The Labute approximate surface area is 120 Å². The van der Waals surface area contributed by atoms with Crippen molar-refractivity contribution in [3.63, 3.8) is 0 Å². The van der Waals surface area contributed by atoms with E-state index in [1.807, 2.05) is 0 Å². The van der Waals surface area contributed by atoms with E-state index in [9.17, 15) is 19.2 Å². The van der Waals surface area contributed by atoms with Crippen LogP contribution in [-0.4, -0.2) is 41.1 Å². The first kappa shape index (κ1) is 13.7. The molecule has 2 heterocycles. The second-order valence-corrected chi connectivity index (χ2v) is 5.38. The van der Waals surface area contributed by atoms with Gasteiger partial charge in [-0.25, -0.2) is 0 Å². The van der Waals surface area contributed by atoms with Gasteiger partial charge in [0.15, 0.2) is 0 Å². The summed E-state index contributed by atoms with van der Waals surface area (Å²) in [5, 5.41) is 2.17. The van der Waals surface area contributed by atoms with E-state index in [2.05, 4.69) is 5.32 Å². The molecule has 0 aromatic carbocycles. The van der Waals surface area contributed by atoms with Crippen LogP contribution in [0.2, 0.25) is 0 Å². The molecular weight excluding hydrogens is 274 g/mol. The summed E-state index contributed by atoms with van der Waals surface area (Å²) in [5.74, 6) is -1.88. The molecule has 2 atom stereocenters. The molecule has 0 bridgehead atoms. The highest BCUT2D eigenvalue weighted by Gasteiger charge is 2.47. The normalized spacial score (nSPS) is 29.1. The maximum atomic E-state index is 12.4. The molecule has 2 aliphatic heterocycles. The van der Waals surface area contributed by atoms with E-state index >= 15 is 0 Å². The Hall–Kier alpha value is -2.28. The summed E-state index contributed by atoms with van der Waals surface area (Å²) in [4.78, 5) is 48.8. The van der Waals surface area contributed by atoms with Crippen molar-refractivity contribution in [2.75, 3.05) is 6.54 Å². The van der Waals surface area contributed by atoms with Gasteiger partial charge in [0.2, 0.25) is 11.8 Å². The molecule has 0 radical (unpaired) electrons. The van der Waals surface area contributed by atoms with E-state index in [1.165, 1.54) is 0 Å². The molecule has 0 aromatic rings. The molecule has 3 N–H and O–H groups in total. The number of carbonyl (C=O) groups is 4. The number of fused-ring (bicyclic) bond motifs is 1. The van der Waals surface area contributed by atoms with Crippen LogP contribution >= 0.6 is 0 Å². The number of hydrogen-bond acceptors (Lipinski definition) is 5. The summed E-state index contributed by atoms with van der Waals surface area (Å²) >= 11 is 0. The fraction of sp³-hybridized carbons (Fsp3) is 0.429. The van der Waals surface area contributed by atoms with Crippen LogP contribution in [0.1, 0.15) is 19.3 Å². The van der Waals surface area contributed by atoms with Crippen LogP contribution in [0.3, 0.4) is 0 Å². The van der Waals surface area contributed by atoms with Gasteiger partial charge < -0.3 is 5.73 Å². The average Bonchev–Trinajstić information content (AvgIpc) is 2.71. The average molecular weight is 289 g/mol. The monoisotopic (exact) mass is 289 g/mol. The third kappa shape index (κ3) is 2.09. The lowest BCUT2D eigenvalue weighted by Gasteiger charge is -2.27. The molecule has 2 unspecified atom stereocenters. The van der Waals surface area contributed by atoms with Gasteiger partial charge in [-0.1, -0.05) is 12.2 Å². The zero-order valence-electron chi connectivity index (χ0n) is 11.3. The molecular formula is C14H15N3O4. The van der Waals surface area contributed by atoms with Crippen molar-refractivity contribution >= 4 is 23.6 Å². The molecule has 0 spiro atoms. The van der Waals surface area contributed by atoms with Gasteiger partial charge in [-0.3, -0.25) is 29.4 Å². The van der Waals surface area contributed by atoms with Gasteiger partial charge in [-0.15, -0.1) is 0 Å². The molecule has 1 aliphatic carbocycles. The third-order valence-electron chi connectivity index (χ3n) is 4.04. The van der Waals surface area contributed by atoms with Gasteiger partial charge in [0.05, 0.1) is 0 Å². The molecule has 3 rings (SSSR count). The number of likely N-dealkylation sites (tertiary alicyclic amines) is 1. The molecule has 3 aliphatic rings. The predicted molar refractivity (Wildman–Crippen MR) is 71.4 cm³/mol. The van der Waals surface area contributed by atoms with E-state index in [4.69, 9.17) is 5.73 Å². The number of amides is 4. The second kappa shape index (κ2) is 4.92. The lowest BCUT2D eigenvalue weighted by molar-refractivity contribution is -0.149. The van der Waals surface area contributed by atoms with Gasteiger partial charge in [0.25, 0.3) is 11.8 Å². The number of piperidine rings is 1. The fourth-order valence-electron chi connectivity index (χ4n) is 2.89. The number of rotatable bonds is 2. The highest BCUT2D eigenvalue weighted by molar-refractivity contribution is 6.26. The van der Waals surface area contributed by atoms with Crippen LogP contribution in [0.4, 0.5) is 0 Å². The van der Waals surface area contributed by atoms with Crippen molar-refractivity contribution in [1.29, 1.82) is 0 Å². The number of nitrogens with zero attached hydrogens (tertiary/aromatic N) is 1. The Kier molecular flexibility index (Phi) is 3.21. The molecule has 21 heavy (non-hydrogen) atoms. The van der Waals surface area contributed by atoms with Gasteiger partial charge in [0.1, 0.15) is 6.04 Å². The molecule has 110 valence electrons. The fourth-order valence-corrected chi connectivity index (χ4v) is 2.89. The summed E-state index contributed by atoms with van der Waals surface area (Å²) in [6.45, 7) is 0.396. The van der Waals surface area contributed by atoms with Crippen LogP contribution in [-0.2, 0) is 19.2 Å². The number of imide groups is 2. The van der Waals surface area contributed by atoms with Gasteiger partial charge in [0, 0.05) is 17.6 Å². The van der Waals surface area contributed by atoms with Gasteiger partial charge in [-0.05, 0) is 25.3 Å². The largest absolute Gasteiger partial charge is 0.330 e. The maximum absolute atomic E-state index is 12.4. The van der Waals surface area contributed by atoms with E-state index in [0.717, 1.165) is 4.90 Å². The van der Waals surface area contributed by atoms with Crippen LogP contribution in [0.15, 0.2) is 23.3 Å². The SMILES string of the molecule is NCC1C=C2C(=O)N(C3CCC(=O)NC3=O)C(=O)C2=CC1. The Bertz CT molecular complexity index is 620. The van der Waals surface area contributed by atoms with Crippen LogP contribution in [0, 0.1) is 5.92 Å². The lowest BCUT2D eigenvalue weighted by Crippen LogP contribution is -2.54. The lowest BCUT2D eigenvalue weighted by atomic mass is 9.92. The molecule has 2 saturated heterocycles. The number of hydrogen-bond donors (Lipinski definition) is 2. The Morgan fingerprint density at radius 2 is 1.90 bits per heavy atom. The quantitative estimate of drug-likeness (QED) is 0.633. The molecule has 7 nitrogen and oxygen atoms in total. The zero-order chi connectivity index (χ0) is 15.1. The van der Waals surface area contributed by atoms with Crippen molar-refractivity contribution in [2.24, 2.45) is 11.7 Å². The van der Waals surface area contributed by atoms with Crippen molar-refractivity contribution in [3.05, 3.63) is 23.3 Å². The molecule has 0 aromatic heterocycles. The predicted octanol–water partition coefficient (Wildman–Crippen LogP) is -1.01. The summed E-state index contributed by atoms with van der Waals surface area (Å²) in [6.07, 6.45) is 4.32. The summed E-state index contributed by atoms with van der Waals surface area (Å²) in [5.41, 5.74) is 6.26. The van der Waals surface area contributed by atoms with Crippen molar-refractivity contribution in [2.45, 2.75) is 25.3 Å². The first-order chi connectivity index (χ1) is 10.0. The van der Waals surface area contributed by atoms with E-state index in [-0.39, 0.29) is 24.7 Å². The minimum Gasteiger partial charge on any atom is -0.330 e. The summed E-state index contributed by atoms with van der Waals surface area (Å²) in [6, 6.07) is -0.911. The van der Waals surface area contributed by atoms with Crippen molar-refractivity contribution < 1.29 is 19.2 Å². The summed E-state index contributed by atoms with van der Waals surface area (Å²) < 4.78 is 0. The number of nitrogens with two attached hydrogens (primary N) is 1. The van der Waals surface area contributed by atoms with E-state index < -0.39 is 23.8 Å². The van der Waals surface area contributed by atoms with Crippen molar-refractivity contribution in [3.8, 4) is 0 Å². The third-order valence-corrected chi connectivity index (χ3v) is 4.04. The molecule has 2 fully saturated rings. The minimum atomic E-state index is -0.911. The maximum Gasteiger partial charge on any atom is 0.261 e. The minimum absolute atomic E-state index is 0.0298. The summed E-state index contributed by atoms with van der Waals surface area (Å²) in [7, 11) is 0. The Balaban J connectivity index is 1.92. The smallest absolute Gasteiger partial charge is 0.261 e. The molecule has 7 heteroatoms. The van der Waals surface area contributed by atoms with E-state index in [0.29, 0.717) is 24.1 Å². The van der Waals surface area contributed by atoms with Crippen LogP contribution in [0.25, 0.3) is 0 Å². The topological polar surface area (TPSA) is 110 Å². The van der Waals surface area contributed by atoms with Gasteiger partial charge in [-0.2, -0.15) is 0 Å². The number of allylic oxidation sites excluding steroid dienone is 1. The van der Waals surface area contributed by atoms with Crippen LogP contribution < -0.4 is 11.1 Å². The number of carbonyl (C=O) groups excluding carboxylic acids is 4. The van der Waals surface area contributed by atoms with Gasteiger partial charge >= 0.3 is 0 Å². The number of nitrogens with one attached hydrogen (secondary N) is 1. The van der Waals surface area contributed by atoms with Crippen molar-refractivity contribution in [1.82, 2.24) is 10.2 Å². The highest BCUT2D eigenvalue weighted by Crippen LogP contribution is 2.33. The Morgan fingerprint density at radius 3 is 2.57 bits per heavy atom. The first-order valence-corrected chi connectivity index (χ1v) is 6.87. The second-order valence-electron chi connectivity index (χ2n) is 5.38. The zero-order valence-corrected chi connectivity index (χ0v) is 11.3. The standard InChI is InChI=1S/C14H15N3O4/c15-6-7-1-2-8-9(5-7)14(21)17(13(8)20)10-3-4-11(18)16-12(10)19/h2,5,7,10H,1,3-4,6,15H2,(H,16,18,19). The molecule has 0 saturated carbocycles.